The van der Waals surface area contributed by atoms with E-state index in [1.165, 1.54) is 18.3 Å². The minimum atomic E-state index is -4.58. The standard InChI is InChI=1S/C11H6ClF3N2OS/c12-6-1-2-8(7(5-6)11(13,14)15)17-4-3-9(18)16-10(17)19/h1-5H,(H,16,18,19). The predicted octanol–water partition coefficient (Wildman–Crippen LogP) is 3.57. The van der Waals surface area contributed by atoms with Gasteiger partial charge < -0.3 is 0 Å². The summed E-state index contributed by atoms with van der Waals surface area (Å²) in [6.45, 7) is 0. The maximum atomic E-state index is 12.9. The van der Waals surface area contributed by atoms with Crippen LogP contribution in [0.4, 0.5) is 13.2 Å². The van der Waals surface area contributed by atoms with Crippen LogP contribution in [-0.2, 0) is 6.18 Å². The van der Waals surface area contributed by atoms with Gasteiger partial charge in [-0.1, -0.05) is 11.6 Å². The van der Waals surface area contributed by atoms with Gasteiger partial charge in [0.2, 0.25) is 0 Å². The number of rotatable bonds is 1. The van der Waals surface area contributed by atoms with Gasteiger partial charge in [-0.15, -0.1) is 0 Å². The average molecular weight is 307 g/mol. The highest BCUT2D eigenvalue weighted by molar-refractivity contribution is 7.71. The molecule has 3 nitrogen and oxygen atoms in total. The van der Waals surface area contributed by atoms with Crippen LogP contribution in [0.1, 0.15) is 5.56 Å². The summed E-state index contributed by atoms with van der Waals surface area (Å²) < 4.78 is 39.8. The lowest BCUT2D eigenvalue weighted by Crippen LogP contribution is -2.15. The number of H-pyrrole nitrogens is 1. The highest BCUT2D eigenvalue weighted by atomic mass is 35.5. The van der Waals surface area contributed by atoms with Crippen molar-refractivity contribution < 1.29 is 13.2 Å². The van der Waals surface area contributed by atoms with Crippen LogP contribution in [0.25, 0.3) is 5.69 Å². The van der Waals surface area contributed by atoms with Crippen molar-refractivity contribution >= 4 is 23.8 Å². The van der Waals surface area contributed by atoms with Crippen LogP contribution < -0.4 is 5.56 Å². The van der Waals surface area contributed by atoms with Gasteiger partial charge in [0.25, 0.3) is 5.56 Å². The molecule has 0 saturated carbocycles. The minimum absolute atomic E-state index is 0.0352. The monoisotopic (exact) mass is 306 g/mol. The molecule has 1 heterocycles. The van der Waals surface area contributed by atoms with Gasteiger partial charge in [-0.2, -0.15) is 13.2 Å². The third-order valence-corrected chi connectivity index (χ3v) is 2.88. The zero-order valence-electron chi connectivity index (χ0n) is 9.16. The summed E-state index contributed by atoms with van der Waals surface area (Å²) in [6, 6.07) is 4.41. The Hall–Kier alpha value is -1.60. The van der Waals surface area contributed by atoms with E-state index in [1.54, 1.807) is 0 Å². The van der Waals surface area contributed by atoms with Crippen molar-refractivity contribution in [1.82, 2.24) is 9.55 Å². The molecule has 1 N–H and O–H groups in total. The fraction of sp³-hybridized carbons (Fsp3) is 0.0909. The lowest BCUT2D eigenvalue weighted by molar-refractivity contribution is -0.137. The Bertz CT molecular complexity index is 736. The Balaban J connectivity index is 2.76. The lowest BCUT2D eigenvalue weighted by atomic mass is 10.1. The molecular weight excluding hydrogens is 301 g/mol. The van der Waals surface area contributed by atoms with Crippen LogP contribution in [-0.4, -0.2) is 9.55 Å². The van der Waals surface area contributed by atoms with E-state index in [0.29, 0.717) is 0 Å². The summed E-state index contributed by atoms with van der Waals surface area (Å²) in [5.74, 6) is 0. The van der Waals surface area contributed by atoms with Crippen LogP contribution in [0.15, 0.2) is 35.3 Å². The number of aromatic nitrogens is 2. The van der Waals surface area contributed by atoms with E-state index < -0.39 is 17.3 Å². The largest absolute Gasteiger partial charge is 0.418 e. The number of hydrogen-bond donors (Lipinski definition) is 1. The molecule has 19 heavy (non-hydrogen) atoms. The summed E-state index contributed by atoms with van der Waals surface area (Å²) in [5, 5.41) is -0.0352. The Morgan fingerprint density at radius 2 is 1.95 bits per heavy atom. The van der Waals surface area contributed by atoms with E-state index in [2.05, 4.69) is 4.98 Å². The minimum Gasteiger partial charge on any atom is -0.299 e. The second kappa shape index (κ2) is 4.82. The molecule has 0 aliphatic carbocycles. The number of nitrogens with zero attached hydrogens (tertiary/aromatic N) is 1. The molecule has 2 rings (SSSR count). The Kier molecular flexibility index (Phi) is 3.51. The van der Waals surface area contributed by atoms with Crippen LogP contribution in [0, 0.1) is 4.77 Å². The van der Waals surface area contributed by atoms with Crippen molar-refractivity contribution in [3.05, 3.63) is 56.2 Å². The van der Waals surface area contributed by atoms with Crippen molar-refractivity contribution in [2.45, 2.75) is 6.18 Å². The maximum absolute atomic E-state index is 12.9. The lowest BCUT2D eigenvalue weighted by Gasteiger charge is -2.15. The van der Waals surface area contributed by atoms with Crippen LogP contribution in [0.2, 0.25) is 5.02 Å². The molecule has 0 unspecified atom stereocenters. The second-order valence-corrected chi connectivity index (χ2v) is 4.46. The Labute approximate surface area is 115 Å². The van der Waals surface area contributed by atoms with Crippen molar-refractivity contribution in [2.75, 3.05) is 0 Å². The van der Waals surface area contributed by atoms with E-state index in [0.717, 1.165) is 16.7 Å². The smallest absolute Gasteiger partial charge is 0.299 e. The number of hydrogen-bond acceptors (Lipinski definition) is 2. The molecule has 0 saturated heterocycles. The van der Waals surface area contributed by atoms with E-state index >= 15 is 0 Å². The maximum Gasteiger partial charge on any atom is 0.418 e. The molecule has 0 radical (unpaired) electrons. The van der Waals surface area contributed by atoms with Crippen LogP contribution in [0.5, 0.6) is 0 Å². The fourth-order valence-corrected chi connectivity index (χ4v) is 1.98. The van der Waals surface area contributed by atoms with Gasteiger partial charge in [0.05, 0.1) is 11.3 Å². The number of halogens is 4. The zero-order valence-corrected chi connectivity index (χ0v) is 10.7. The second-order valence-electron chi connectivity index (χ2n) is 3.64. The van der Waals surface area contributed by atoms with Crippen molar-refractivity contribution in [2.24, 2.45) is 0 Å². The highest BCUT2D eigenvalue weighted by Gasteiger charge is 2.34. The average Bonchev–Trinajstić information content (AvgIpc) is 2.28. The Morgan fingerprint density at radius 1 is 1.26 bits per heavy atom. The van der Waals surface area contributed by atoms with Gasteiger partial charge >= 0.3 is 6.18 Å². The van der Waals surface area contributed by atoms with Crippen LogP contribution >= 0.6 is 23.8 Å². The molecule has 0 spiro atoms. The normalized spacial score (nSPS) is 11.6. The molecular formula is C11H6ClF3N2OS. The van der Waals surface area contributed by atoms with E-state index in [4.69, 9.17) is 23.8 Å². The Morgan fingerprint density at radius 3 is 2.53 bits per heavy atom. The predicted molar refractivity (Wildman–Crippen MR) is 67.2 cm³/mol. The zero-order chi connectivity index (χ0) is 14.2. The quantitative estimate of drug-likeness (QED) is 0.818. The summed E-state index contributed by atoms with van der Waals surface area (Å²) in [4.78, 5) is 13.3. The fourth-order valence-electron chi connectivity index (χ4n) is 1.55. The first-order valence-electron chi connectivity index (χ1n) is 4.98. The summed E-state index contributed by atoms with van der Waals surface area (Å²) in [7, 11) is 0. The van der Waals surface area contributed by atoms with Crippen molar-refractivity contribution in [3.8, 4) is 5.69 Å². The van der Waals surface area contributed by atoms with E-state index in [-0.39, 0.29) is 15.5 Å². The molecule has 0 amide bonds. The topological polar surface area (TPSA) is 37.8 Å². The van der Waals surface area contributed by atoms with Gasteiger partial charge in [0.1, 0.15) is 0 Å². The molecule has 0 atom stereocenters. The number of benzene rings is 1. The number of aromatic amines is 1. The molecule has 0 fully saturated rings. The summed E-state index contributed by atoms with van der Waals surface area (Å²) >= 11 is 10.4. The summed E-state index contributed by atoms with van der Waals surface area (Å²) in [5.41, 5.74) is -1.61. The number of alkyl halides is 3. The first kappa shape index (κ1) is 13.8. The first-order chi connectivity index (χ1) is 8.79. The molecule has 0 aliphatic heterocycles. The first-order valence-corrected chi connectivity index (χ1v) is 5.77. The highest BCUT2D eigenvalue weighted by Crippen LogP contribution is 2.35. The van der Waals surface area contributed by atoms with Gasteiger partial charge in [0.15, 0.2) is 4.77 Å². The summed E-state index contributed by atoms with van der Waals surface area (Å²) in [6.07, 6.45) is -3.40. The molecule has 8 heteroatoms. The molecule has 100 valence electrons. The third-order valence-electron chi connectivity index (χ3n) is 2.35. The third kappa shape index (κ3) is 2.87. The van der Waals surface area contributed by atoms with Gasteiger partial charge in [0, 0.05) is 17.3 Å². The van der Waals surface area contributed by atoms with Gasteiger partial charge in [-0.25, -0.2) is 0 Å². The molecule has 2 aromatic rings. The molecule has 0 aliphatic rings. The SMILES string of the molecule is O=c1ccn(-c2ccc(Cl)cc2C(F)(F)F)c(=S)[nH]1. The van der Waals surface area contributed by atoms with Crippen LogP contribution in [0.3, 0.4) is 0 Å². The number of nitrogens with one attached hydrogen (secondary N) is 1. The molecule has 1 aromatic carbocycles. The van der Waals surface area contributed by atoms with Gasteiger partial charge in [-0.05, 0) is 30.4 Å². The van der Waals surface area contributed by atoms with Crippen molar-refractivity contribution in [1.29, 1.82) is 0 Å². The van der Waals surface area contributed by atoms with E-state index in [9.17, 15) is 18.0 Å². The van der Waals surface area contributed by atoms with Crippen molar-refractivity contribution in [3.63, 3.8) is 0 Å². The van der Waals surface area contributed by atoms with E-state index in [1.807, 2.05) is 0 Å². The molecule has 0 bridgehead atoms. The van der Waals surface area contributed by atoms with Gasteiger partial charge in [-0.3, -0.25) is 14.3 Å². The molecule has 1 aromatic heterocycles.